The van der Waals surface area contributed by atoms with Crippen LogP contribution in [0.3, 0.4) is 0 Å². The van der Waals surface area contributed by atoms with Gasteiger partial charge >= 0.3 is 0 Å². The highest BCUT2D eigenvalue weighted by atomic mass is 35.5. The summed E-state index contributed by atoms with van der Waals surface area (Å²) in [7, 11) is 0. The van der Waals surface area contributed by atoms with E-state index in [0.717, 1.165) is 0 Å². The minimum Gasteiger partial charge on any atom is -0.348 e. The number of hydrogen-bond acceptors (Lipinski definition) is 2. The Morgan fingerprint density at radius 1 is 1.71 bits per heavy atom. The first kappa shape index (κ1) is 11.0. The predicted molar refractivity (Wildman–Crippen MR) is 55.5 cm³/mol. The van der Waals surface area contributed by atoms with Gasteiger partial charge in [0.2, 0.25) is 0 Å². The van der Waals surface area contributed by atoms with E-state index in [9.17, 15) is 4.79 Å². The largest absolute Gasteiger partial charge is 0.348 e. The molecular weight excluding hydrogens is 202 g/mol. The molecule has 4 nitrogen and oxygen atoms in total. The molecule has 1 rings (SSSR count). The minimum atomic E-state index is -0.225. The van der Waals surface area contributed by atoms with Crippen molar-refractivity contribution in [3.63, 3.8) is 0 Å². The number of aryl methyl sites for hydroxylation is 1. The van der Waals surface area contributed by atoms with Gasteiger partial charge in [0.1, 0.15) is 0 Å². The Morgan fingerprint density at radius 3 is 2.79 bits per heavy atom. The number of amides is 1. The van der Waals surface area contributed by atoms with E-state index >= 15 is 0 Å². The molecule has 1 heterocycles. The van der Waals surface area contributed by atoms with Crippen LogP contribution in [-0.2, 0) is 6.54 Å². The second-order valence-corrected chi connectivity index (χ2v) is 3.72. The Hall–Kier alpha value is -1.03. The maximum Gasteiger partial charge on any atom is 0.273 e. The van der Waals surface area contributed by atoms with Crippen molar-refractivity contribution >= 4 is 17.5 Å². The van der Waals surface area contributed by atoms with Crippen LogP contribution in [0.25, 0.3) is 0 Å². The van der Waals surface area contributed by atoms with E-state index in [4.69, 9.17) is 11.6 Å². The molecule has 0 saturated carbocycles. The van der Waals surface area contributed by atoms with Crippen molar-refractivity contribution < 1.29 is 4.79 Å². The van der Waals surface area contributed by atoms with E-state index in [-0.39, 0.29) is 11.9 Å². The Morgan fingerprint density at radius 2 is 2.36 bits per heavy atom. The monoisotopic (exact) mass is 215 g/mol. The molecule has 0 unspecified atom stereocenters. The summed E-state index contributed by atoms with van der Waals surface area (Å²) >= 11 is 5.86. The Bertz CT molecular complexity index is 333. The van der Waals surface area contributed by atoms with Gasteiger partial charge in [-0.1, -0.05) is 11.6 Å². The zero-order valence-electron chi connectivity index (χ0n) is 8.54. The normalized spacial score (nSPS) is 10.6. The highest BCUT2D eigenvalue weighted by Gasteiger charge is 2.15. The number of halogens is 1. The lowest BCUT2D eigenvalue weighted by atomic mass is 10.3. The van der Waals surface area contributed by atoms with Crippen LogP contribution in [0, 0.1) is 0 Å². The predicted octanol–water partition coefficient (Wildman–Crippen LogP) is 1.69. The minimum absolute atomic E-state index is 0.0883. The van der Waals surface area contributed by atoms with Crippen LogP contribution in [-0.4, -0.2) is 21.7 Å². The van der Waals surface area contributed by atoms with Gasteiger partial charge in [-0.2, -0.15) is 5.10 Å². The third-order valence-electron chi connectivity index (χ3n) is 1.68. The lowest BCUT2D eigenvalue weighted by Gasteiger charge is -2.05. The molecule has 1 aromatic heterocycles. The molecule has 0 bridgehead atoms. The molecule has 0 aliphatic heterocycles. The van der Waals surface area contributed by atoms with Gasteiger partial charge in [0.15, 0.2) is 5.69 Å². The summed E-state index contributed by atoms with van der Waals surface area (Å²) in [5, 5.41) is 7.19. The summed E-state index contributed by atoms with van der Waals surface area (Å²) < 4.78 is 1.64. The smallest absolute Gasteiger partial charge is 0.273 e. The second-order valence-electron chi connectivity index (χ2n) is 3.31. The van der Waals surface area contributed by atoms with Gasteiger partial charge in [-0.05, 0) is 20.8 Å². The number of hydrogen-bond donors (Lipinski definition) is 1. The summed E-state index contributed by atoms with van der Waals surface area (Å²) in [4.78, 5) is 11.5. The van der Waals surface area contributed by atoms with Crippen LogP contribution in [0.5, 0.6) is 0 Å². The van der Waals surface area contributed by atoms with Gasteiger partial charge in [0, 0.05) is 18.8 Å². The van der Waals surface area contributed by atoms with Crippen LogP contribution in [0.4, 0.5) is 0 Å². The molecule has 0 atom stereocenters. The lowest BCUT2D eigenvalue weighted by Crippen LogP contribution is -2.30. The summed E-state index contributed by atoms with van der Waals surface area (Å²) in [5.41, 5.74) is 0.294. The van der Waals surface area contributed by atoms with Crippen molar-refractivity contribution in [3.05, 3.63) is 16.9 Å². The fourth-order valence-corrected chi connectivity index (χ4v) is 1.28. The third kappa shape index (κ3) is 2.48. The van der Waals surface area contributed by atoms with Gasteiger partial charge < -0.3 is 5.32 Å². The summed E-state index contributed by atoms with van der Waals surface area (Å²) in [6.45, 7) is 6.42. The second kappa shape index (κ2) is 4.46. The molecule has 1 amide bonds. The Kier molecular flexibility index (Phi) is 3.52. The zero-order valence-corrected chi connectivity index (χ0v) is 9.30. The van der Waals surface area contributed by atoms with Gasteiger partial charge in [0.05, 0.1) is 5.02 Å². The van der Waals surface area contributed by atoms with E-state index in [1.807, 2.05) is 20.8 Å². The average molecular weight is 216 g/mol. The molecule has 0 aromatic carbocycles. The molecule has 1 aromatic rings. The third-order valence-corrected chi connectivity index (χ3v) is 1.95. The van der Waals surface area contributed by atoms with E-state index in [1.165, 1.54) is 0 Å². The highest BCUT2D eigenvalue weighted by Crippen LogP contribution is 2.13. The number of carbonyl (C=O) groups is 1. The van der Waals surface area contributed by atoms with E-state index in [1.54, 1.807) is 10.9 Å². The summed E-state index contributed by atoms with van der Waals surface area (Å²) in [5.74, 6) is -0.225. The molecule has 0 spiro atoms. The summed E-state index contributed by atoms with van der Waals surface area (Å²) in [6.07, 6.45) is 1.65. The van der Waals surface area contributed by atoms with Crippen molar-refractivity contribution in [2.45, 2.75) is 33.4 Å². The first-order valence-corrected chi connectivity index (χ1v) is 4.96. The fourth-order valence-electron chi connectivity index (χ4n) is 1.04. The molecule has 0 saturated heterocycles. The quantitative estimate of drug-likeness (QED) is 0.834. The highest BCUT2D eigenvalue weighted by molar-refractivity contribution is 6.33. The number of carbonyl (C=O) groups excluding carboxylic acids is 1. The van der Waals surface area contributed by atoms with E-state index in [2.05, 4.69) is 10.4 Å². The van der Waals surface area contributed by atoms with Crippen molar-refractivity contribution in [3.8, 4) is 0 Å². The van der Waals surface area contributed by atoms with Crippen molar-refractivity contribution in [1.29, 1.82) is 0 Å². The maximum absolute atomic E-state index is 11.5. The van der Waals surface area contributed by atoms with Crippen molar-refractivity contribution in [1.82, 2.24) is 15.1 Å². The Balaban J connectivity index is 2.84. The van der Waals surface area contributed by atoms with Crippen LogP contribution in [0.15, 0.2) is 6.20 Å². The van der Waals surface area contributed by atoms with Gasteiger partial charge in [-0.15, -0.1) is 0 Å². The number of aromatic nitrogens is 2. The van der Waals surface area contributed by atoms with Crippen molar-refractivity contribution in [2.75, 3.05) is 0 Å². The van der Waals surface area contributed by atoms with Crippen LogP contribution >= 0.6 is 11.6 Å². The van der Waals surface area contributed by atoms with Gasteiger partial charge in [-0.3, -0.25) is 9.48 Å². The fraction of sp³-hybridized carbons (Fsp3) is 0.556. The van der Waals surface area contributed by atoms with Crippen LogP contribution in [0.1, 0.15) is 31.3 Å². The van der Waals surface area contributed by atoms with Crippen LogP contribution < -0.4 is 5.32 Å². The summed E-state index contributed by atoms with van der Waals surface area (Å²) in [6, 6.07) is 0.0883. The molecular formula is C9H14ClN3O. The number of nitrogens with zero attached hydrogens (tertiary/aromatic N) is 2. The molecule has 14 heavy (non-hydrogen) atoms. The zero-order chi connectivity index (χ0) is 10.7. The molecule has 0 radical (unpaired) electrons. The standard InChI is InChI=1S/C9H14ClN3O/c1-4-13-5-7(10)8(12-13)9(14)11-6(2)3/h5-6H,4H2,1-3H3,(H,11,14). The lowest BCUT2D eigenvalue weighted by molar-refractivity contribution is 0.0937. The molecule has 5 heteroatoms. The first-order valence-electron chi connectivity index (χ1n) is 4.58. The van der Waals surface area contributed by atoms with E-state index in [0.29, 0.717) is 17.3 Å². The van der Waals surface area contributed by atoms with Crippen molar-refractivity contribution in [2.24, 2.45) is 0 Å². The number of rotatable bonds is 3. The molecule has 1 N–H and O–H groups in total. The topological polar surface area (TPSA) is 46.9 Å². The maximum atomic E-state index is 11.5. The molecule has 78 valence electrons. The molecule has 0 aliphatic rings. The molecule has 0 fully saturated rings. The Labute approximate surface area is 88.2 Å². The first-order chi connectivity index (χ1) is 6.54. The van der Waals surface area contributed by atoms with E-state index < -0.39 is 0 Å². The number of nitrogens with one attached hydrogen (secondary N) is 1. The van der Waals surface area contributed by atoms with Gasteiger partial charge in [0.25, 0.3) is 5.91 Å². The molecule has 0 aliphatic carbocycles. The average Bonchev–Trinajstić information content (AvgIpc) is 2.45. The SMILES string of the molecule is CCn1cc(Cl)c(C(=O)NC(C)C)n1. The van der Waals surface area contributed by atoms with Crippen LogP contribution in [0.2, 0.25) is 5.02 Å². The van der Waals surface area contributed by atoms with Gasteiger partial charge in [-0.25, -0.2) is 0 Å².